The molecule has 2 aromatic carbocycles. The van der Waals surface area contributed by atoms with E-state index in [1.807, 2.05) is 0 Å². The number of phenols is 3. The molecule has 32 heavy (non-hydrogen) atoms. The summed E-state index contributed by atoms with van der Waals surface area (Å²) in [5.74, 6) is -2.71. The predicted octanol–water partition coefficient (Wildman–Crippen LogP) is -0.203. The van der Waals surface area contributed by atoms with Crippen molar-refractivity contribution < 1.29 is 50.0 Å². The summed E-state index contributed by atoms with van der Waals surface area (Å²) in [4.78, 5) is 12.8. The van der Waals surface area contributed by atoms with Gasteiger partial charge in [-0.15, -0.1) is 0 Å². The second kappa shape index (κ2) is 7.97. The zero-order valence-electron chi connectivity index (χ0n) is 16.3. The third-order valence-corrected chi connectivity index (χ3v) is 5.47. The van der Waals surface area contributed by atoms with Gasteiger partial charge in [-0.2, -0.15) is 0 Å². The maximum atomic E-state index is 12.8. The van der Waals surface area contributed by atoms with Gasteiger partial charge in [0.25, 0.3) is 0 Å². The highest BCUT2D eigenvalue weighted by atomic mass is 16.5. The Balaban J connectivity index is 1.98. The molecule has 11 nitrogen and oxygen atoms in total. The van der Waals surface area contributed by atoms with Gasteiger partial charge in [-0.05, 0) is 30.3 Å². The molecule has 1 fully saturated rings. The maximum Gasteiger partial charge on any atom is 0.235 e. The average Bonchev–Trinajstić information content (AvgIpc) is 2.77. The fourth-order valence-electron chi connectivity index (χ4n) is 3.73. The van der Waals surface area contributed by atoms with E-state index in [0.717, 1.165) is 18.2 Å². The number of rotatable bonds is 3. The minimum absolute atomic E-state index is 0.0138. The first-order chi connectivity index (χ1) is 15.1. The van der Waals surface area contributed by atoms with Gasteiger partial charge in [0.2, 0.25) is 11.2 Å². The molecule has 1 aliphatic heterocycles. The summed E-state index contributed by atoms with van der Waals surface area (Å²) in [5, 5.41) is 80.0. The molecule has 170 valence electrons. The van der Waals surface area contributed by atoms with Gasteiger partial charge in [0.15, 0.2) is 17.3 Å². The fourth-order valence-corrected chi connectivity index (χ4v) is 3.73. The zero-order valence-corrected chi connectivity index (χ0v) is 16.3. The molecule has 1 aromatic heterocycles. The van der Waals surface area contributed by atoms with Crippen molar-refractivity contribution in [2.24, 2.45) is 0 Å². The van der Waals surface area contributed by atoms with Gasteiger partial charge in [-0.1, -0.05) is 0 Å². The third-order valence-electron chi connectivity index (χ3n) is 5.47. The Morgan fingerprint density at radius 1 is 0.844 bits per heavy atom. The van der Waals surface area contributed by atoms with E-state index >= 15 is 0 Å². The Morgan fingerprint density at radius 2 is 1.53 bits per heavy atom. The quantitative estimate of drug-likeness (QED) is 0.247. The van der Waals surface area contributed by atoms with Crippen LogP contribution in [0.2, 0.25) is 0 Å². The van der Waals surface area contributed by atoms with Crippen molar-refractivity contribution in [1.82, 2.24) is 0 Å². The monoisotopic (exact) mass is 448 g/mol. The number of benzene rings is 2. The van der Waals surface area contributed by atoms with Crippen LogP contribution in [0.15, 0.2) is 39.5 Å². The molecule has 5 atom stereocenters. The number of aromatic hydroxyl groups is 4. The molecular formula is C21H20O11. The van der Waals surface area contributed by atoms with E-state index in [4.69, 9.17) is 9.15 Å². The normalized spacial score (nSPS) is 25.8. The summed E-state index contributed by atoms with van der Waals surface area (Å²) in [7, 11) is 0. The van der Waals surface area contributed by atoms with Crippen LogP contribution in [-0.2, 0) is 4.74 Å². The molecule has 3 aromatic rings. The van der Waals surface area contributed by atoms with E-state index in [0.29, 0.717) is 0 Å². The molecular weight excluding hydrogens is 428 g/mol. The molecule has 11 heteroatoms. The molecule has 8 N–H and O–H groups in total. The van der Waals surface area contributed by atoms with Crippen LogP contribution in [-0.4, -0.2) is 71.9 Å². The molecule has 0 radical (unpaired) electrons. The summed E-state index contributed by atoms with van der Waals surface area (Å²) >= 11 is 0. The molecule has 1 saturated heterocycles. The SMILES string of the molecule is O=c1c(O)c(-c2ccc(O)c(O)c2)oc2c(C3O[C@H](CO)[C@@H](O)[C@H](O)[C@H]3O)c(O)ccc12. The lowest BCUT2D eigenvalue weighted by Crippen LogP contribution is -2.55. The van der Waals surface area contributed by atoms with Crippen LogP contribution in [0.4, 0.5) is 0 Å². The van der Waals surface area contributed by atoms with Crippen LogP contribution in [0.25, 0.3) is 22.3 Å². The van der Waals surface area contributed by atoms with E-state index in [-0.39, 0.29) is 22.1 Å². The standard InChI is InChI=1S/C21H20O11/c22-6-12-15(27)16(28)18(30)21(31-12)13-10(24)4-2-8-14(26)17(29)19(32-20(8)13)7-1-3-9(23)11(25)5-7/h1-5,12,15-16,18,21-25,27-30H,6H2/t12-,15-,16+,18-,21?/m1/s1. The Bertz CT molecular complexity index is 1230. The number of aliphatic hydroxyl groups excluding tert-OH is 4. The second-order valence-corrected chi connectivity index (χ2v) is 7.44. The molecule has 0 aliphatic carbocycles. The number of ether oxygens (including phenoxy) is 1. The van der Waals surface area contributed by atoms with Gasteiger partial charge in [-0.25, -0.2) is 0 Å². The molecule has 1 unspecified atom stereocenters. The smallest absolute Gasteiger partial charge is 0.235 e. The van der Waals surface area contributed by atoms with Crippen molar-refractivity contribution in [3.05, 3.63) is 46.1 Å². The van der Waals surface area contributed by atoms with Crippen molar-refractivity contribution in [1.29, 1.82) is 0 Å². The Labute approximate surface area is 179 Å². The first kappa shape index (κ1) is 21.9. The highest BCUT2D eigenvalue weighted by Crippen LogP contribution is 2.42. The summed E-state index contributed by atoms with van der Waals surface area (Å²) in [5.41, 5.74) is -1.46. The Hall–Kier alpha value is -3.35. The van der Waals surface area contributed by atoms with Crippen molar-refractivity contribution in [3.8, 4) is 34.3 Å². The van der Waals surface area contributed by atoms with Crippen LogP contribution in [0, 0.1) is 0 Å². The van der Waals surface area contributed by atoms with Crippen LogP contribution in [0.1, 0.15) is 11.7 Å². The van der Waals surface area contributed by atoms with E-state index in [9.17, 15) is 45.6 Å². The predicted molar refractivity (Wildman–Crippen MR) is 107 cm³/mol. The number of hydrogen-bond donors (Lipinski definition) is 8. The highest BCUT2D eigenvalue weighted by molar-refractivity contribution is 5.86. The lowest BCUT2D eigenvalue weighted by atomic mass is 9.90. The van der Waals surface area contributed by atoms with Gasteiger partial charge in [0.1, 0.15) is 41.9 Å². The molecule has 0 saturated carbocycles. The van der Waals surface area contributed by atoms with E-state index < -0.39 is 71.3 Å². The molecule has 0 bridgehead atoms. The summed E-state index contributed by atoms with van der Waals surface area (Å²) in [6, 6.07) is 5.67. The lowest BCUT2D eigenvalue weighted by Gasteiger charge is -2.40. The van der Waals surface area contributed by atoms with Gasteiger partial charge in [0, 0.05) is 5.56 Å². The second-order valence-electron chi connectivity index (χ2n) is 7.44. The summed E-state index contributed by atoms with van der Waals surface area (Å²) < 4.78 is 11.2. The number of hydrogen-bond acceptors (Lipinski definition) is 11. The van der Waals surface area contributed by atoms with Crippen LogP contribution < -0.4 is 5.43 Å². The first-order valence-electron chi connectivity index (χ1n) is 9.50. The van der Waals surface area contributed by atoms with Crippen LogP contribution in [0.3, 0.4) is 0 Å². The van der Waals surface area contributed by atoms with Crippen molar-refractivity contribution >= 4 is 11.0 Å². The van der Waals surface area contributed by atoms with Gasteiger partial charge in [-0.3, -0.25) is 4.79 Å². The van der Waals surface area contributed by atoms with Crippen LogP contribution in [0.5, 0.6) is 23.0 Å². The molecule has 0 amide bonds. The molecule has 4 rings (SSSR count). The van der Waals surface area contributed by atoms with E-state index in [1.165, 1.54) is 12.1 Å². The van der Waals surface area contributed by atoms with Crippen molar-refractivity contribution in [3.63, 3.8) is 0 Å². The fraction of sp³-hybridized carbons (Fsp3) is 0.286. The molecule has 1 aliphatic rings. The van der Waals surface area contributed by atoms with Crippen LogP contribution >= 0.6 is 0 Å². The minimum Gasteiger partial charge on any atom is -0.507 e. The molecule has 0 spiro atoms. The Morgan fingerprint density at radius 3 is 2.19 bits per heavy atom. The summed E-state index contributed by atoms with van der Waals surface area (Å²) in [6.45, 7) is -0.713. The van der Waals surface area contributed by atoms with Gasteiger partial charge >= 0.3 is 0 Å². The Kier molecular flexibility index (Phi) is 5.44. The minimum atomic E-state index is -1.77. The largest absolute Gasteiger partial charge is 0.507 e. The molecule has 2 heterocycles. The van der Waals surface area contributed by atoms with Gasteiger partial charge in [0.05, 0.1) is 17.6 Å². The number of aliphatic hydroxyl groups is 4. The van der Waals surface area contributed by atoms with E-state index in [1.54, 1.807) is 0 Å². The summed E-state index contributed by atoms with van der Waals surface area (Å²) in [6.07, 6.45) is -7.98. The van der Waals surface area contributed by atoms with Crippen molar-refractivity contribution in [2.75, 3.05) is 6.61 Å². The first-order valence-corrected chi connectivity index (χ1v) is 9.50. The lowest BCUT2D eigenvalue weighted by molar-refractivity contribution is -0.231. The average molecular weight is 448 g/mol. The number of phenolic OH excluding ortho intramolecular Hbond substituents is 3. The number of fused-ring (bicyclic) bond motifs is 1. The highest BCUT2D eigenvalue weighted by Gasteiger charge is 2.45. The van der Waals surface area contributed by atoms with Crippen molar-refractivity contribution in [2.45, 2.75) is 30.5 Å². The van der Waals surface area contributed by atoms with E-state index in [2.05, 4.69) is 0 Å². The zero-order chi connectivity index (χ0) is 23.3. The third kappa shape index (κ3) is 3.32. The van der Waals surface area contributed by atoms with Gasteiger partial charge < -0.3 is 50.0 Å². The topological polar surface area (TPSA) is 201 Å². The maximum absolute atomic E-state index is 12.8.